The molecule has 0 atom stereocenters. The highest BCUT2D eigenvalue weighted by molar-refractivity contribution is 5.90. The Labute approximate surface area is 161 Å². The van der Waals surface area contributed by atoms with Crippen LogP contribution in [0.4, 0.5) is 5.69 Å². The zero-order valence-electron chi connectivity index (χ0n) is 16.5. The van der Waals surface area contributed by atoms with Crippen LogP contribution in [-0.2, 0) is 11.2 Å². The summed E-state index contributed by atoms with van der Waals surface area (Å²) in [5.41, 5.74) is 9.35. The van der Waals surface area contributed by atoms with Crippen LogP contribution in [0.1, 0.15) is 56.8 Å². The number of aliphatic imine (C=N–C) groups is 1. The molecule has 0 aliphatic rings. The van der Waals surface area contributed by atoms with Crippen molar-refractivity contribution in [2.75, 3.05) is 19.9 Å². The number of ketones is 1. The van der Waals surface area contributed by atoms with Crippen LogP contribution in [0.15, 0.2) is 23.3 Å². The number of rotatable bonds is 11. The van der Waals surface area contributed by atoms with E-state index in [0.29, 0.717) is 30.1 Å². The third kappa shape index (κ3) is 5.94. The number of ether oxygens (including phenoxy) is 1. The number of unbranched alkanes of at least 4 members (excludes halogenated alkanes) is 3. The number of hydrogen-bond donors (Lipinski definition) is 2. The molecule has 0 amide bonds. The van der Waals surface area contributed by atoms with Gasteiger partial charge in [0.25, 0.3) is 0 Å². The number of nitrogens with one attached hydrogen (secondary N) is 1. The summed E-state index contributed by atoms with van der Waals surface area (Å²) in [5.74, 6) is 2.02. The molecular formula is C21H30N4O2. The number of aromatic amines is 1. The second-order valence-electron chi connectivity index (χ2n) is 6.62. The number of carbonyl (C=O) groups excluding carboxylic acids is 1. The summed E-state index contributed by atoms with van der Waals surface area (Å²) in [6.07, 6.45) is 10.1. The van der Waals surface area contributed by atoms with Gasteiger partial charge in [-0.2, -0.15) is 0 Å². The summed E-state index contributed by atoms with van der Waals surface area (Å²) in [4.78, 5) is 23.2. The minimum atomic E-state index is 0.357. The highest BCUT2D eigenvalue weighted by atomic mass is 16.5. The minimum absolute atomic E-state index is 0.357. The van der Waals surface area contributed by atoms with E-state index in [9.17, 15) is 4.79 Å². The molecule has 1 heterocycles. The smallest absolute Gasteiger partial charge is 0.132 e. The van der Waals surface area contributed by atoms with Gasteiger partial charge in [0.1, 0.15) is 17.4 Å². The van der Waals surface area contributed by atoms with E-state index in [4.69, 9.17) is 10.5 Å². The Morgan fingerprint density at radius 2 is 2.07 bits per heavy atom. The van der Waals surface area contributed by atoms with Crippen LogP contribution < -0.4 is 10.5 Å². The molecule has 0 bridgehead atoms. The zero-order chi connectivity index (χ0) is 19.6. The van der Waals surface area contributed by atoms with E-state index in [2.05, 4.69) is 15.0 Å². The van der Waals surface area contributed by atoms with E-state index in [0.717, 1.165) is 54.7 Å². The summed E-state index contributed by atoms with van der Waals surface area (Å²) >= 11 is 0. The van der Waals surface area contributed by atoms with Gasteiger partial charge in [0.2, 0.25) is 0 Å². The molecule has 0 fully saturated rings. The number of benzene rings is 1. The number of anilines is 1. The third-order valence-corrected chi connectivity index (χ3v) is 4.61. The molecule has 0 saturated carbocycles. The number of aryl methyl sites for hydroxylation is 1. The first-order chi connectivity index (χ1) is 13.1. The lowest BCUT2D eigenvalue weighted by atomic mass is 10.1. The molecule has 1 aromatic carbocycles. The van der Waals surface area contributed by atoms with Crippen molar-refractivity contribution in [2.45, 2.75) is 51.9 Å². The van der Waals surface area contributed by atoms with Gasteiger partial charge in [-0.3, -0.25) is 9.79 Å². The monoisotopic (exact) mass is 370 g/mol. The molecule has 146 valence electrons. The van der Waals surface area contributed by atoms with Crippen molar-refractivity contribution in [3.63, 3.8) is 0 Å². The molecule has 0 radical (unpaired) electrons. The van der Waals surface area contributed by atoms with E-state index in [1.807, 2.05) is 25.3 Å². The molecule has 1 aromatic heterocycles. The fourth-order valence-corrected chi connectivity index (χ4v) is 3.01. The summed E-state index contributed by atoms with van der Waals surface area (Å²) < 4.78 is 5.48. The number of carbonyl (C=O) groups is 1. The largest absolute Gasteiger partial charge is 0.496 e. The first-order valence-electron chi connectivity index (χ1n) is 9.54. The predicted molar refractivity (Wildman–Crippen MR) is 111 cm³/mol. The number of nitrogens with two attached hydrogens (primary N) is 1. The van der Waals surface area contributed by atoms with Crippen molar-refractivity contribution < 1.29 is 9.53 Å². The maximum Gasteiger partial charge on any atom is 0.132 e. The van der Waals surface area contributed by atoms with Crippen LogP contribution in [0.5, 0.6) is 5.75 Å². The van der Waals surface area contributed by atoms with Gasteiger partial charge in [-0.15, -0.1) is 0 Å². The Kier molecular flexibility index (Phi) is 8.04. The number of methoxy groups -OCH3 is 1. The van der Waals surface area contributed by atoms with Crippen LogP contribution >= 0.6 is 0 Å². The SMILES string of the molecule is CCC(=O)CCCCCCc1ncc(-c2cc(C=NC)c(N)cc2OC)[nH]1. The van der Waals surface area contributed by atoms with Gasteiger partial charge in [0.15, 0.2) is 0 Å². The highest BCUT2D eigenvalue weighted by Crippen LogP contribution is 2.32. The maximum atomic E-state index is 11.3. The Bertz CT molecular complexity index is 780. The summed E-state index contributed by atoms with van der Waals surface area (Å²) in [6.45, 7) is 1.92. The number of Topliss-reactive ketones (excluding diaryl/α,β-unsaturated/α-hetero) is 1. The second kappa shape index (κ2) is 10.5. The van der Waals surface area contributed by atoms with Crippen molar-refractivity contribution in [2.24, 2.45) is 4.99 Å². The maximum absolute atomic E-state index is 11.3. The number of nitrogens with zero attached hydrogens (tertiary/aromatic N) is 2. The van der Waals surface area contributed by atoms with Crippen molar-refractivity contribution in [1.29, 1.82) is 0 Å². The van der Waals surface area contributed by atoms with Gasteiger partial charge in [-0.1, -0.05) is 19.8 Å². The fraction of sp³-hybridized carbons (Fsp3) is 0.476. The van der Waals surface area contributed by atoms with Gasteiger partial charge < -0.3 is 15.5 Å². The summed E-state index contributed by atoms with van der Waals surface area (Å²) in [5, 5.41) is 0. The van der Waals surface area contributed by atoms with Gasteiger partial charge in [0, 0.05) is 55.4 Å². The van der Waals surface area contributed by atoms with E-state index in [1.54, 1.807) is 20.4 Å². The molecule has 2 aromatic rings. The normalized spacial score (nSPS) is 11.2. The van der Waals surface area contributed by atoms with E-state index in [1.165, 1.54) is 0 Å². The topological polar surface area (TPSA) is 93.4 Å². The Morgan fingerprint density at radius 1 is 1.30 bits per heavy atom. The number of aromatic nitrogens is 2. The zero-order valence-corrected chi connectivity index (χ0v) is 16.5. The van der Waals surface area contributed by atoms with Crippen LogP contribution in [-0.4, -0.2) is 36.1 Å². The van der Waals surface area contributed by atoms with Gasteiger partial charge >= 0.3 is 0 Å². The number of H-pyrrole nitrogens is 1. The molecule has 0 spiro atoms. The van der Waals surface area contributed by atoms with Crippen LogP contribution in [0.3, 0.4) is 0 Å². The molecule has 27 heavy (non-hydrogen) atoms. The van der Waals surface area contributed by atoms with Crippen molar-refractivity contribution in [1.82, 2.24) is 9.97 Å². The lowest BCUT2D eigenvalue weighted by Crippen LogP contribution is -1.98. The minimum Gasteiger partial charge on any atom is -0.496 e. The van der Waals surface area contributed by atoms with Crippen molar-refractivity contribution >= 4 is 17.7 Å². The van der Waals surface area contributed by atoms with Crippen LogP contribution in [0, 0.1) is 0 Å². The van der Waals surface area contributed by atoms with Gasteiger partial charge in [-0.25, -0.2) is 4.98 Å². The standard InChI is InChI=1S/C21H30N4O2/c1-4-16(26)9-7-5-6-8-10-21-24-14-19(25-21)17-11-15(13-23-2)18(22)12-20(17)27-3/h11-14H,4-10,22H2,1-3H3,(H,24,25). The molecule has 0 saturated heterocycles. The highest BCUT2D eigenvalue weighted by Gasteiger charge is 2.12. The van der Waals surface area contributed by atoms with Crippen molar-refractivity contribution in [3.05, 3.63) is 29.7 Å². The number of nitrogen functional groups attached to an aromatic ring is 1. The van der Waals surface area contributed by atoms with Crippen LogP contribution in [0.25, 0.3) is 11.3 Å². The lowest BCUT2D eigenvalue weighted by molar-refractivity contribution is -0.118. The second-order valence-corrected chi connectivity index (χ2v) is 6.62. The van der Waals surface area contributed by atoms with Crippen LogP contribution in [0.2, 0.25) is 0 Å². The van der Waals surface area contributed by atoms with E-state index < -0.39 is 0 Å². The Hall–Kier alpha value is -2.63. The Balaban J connectivity index is 1.97. The summed E-state index contributed by atoms with van der Waals surface area (Å²) in [6, 6.07) is 3.77. The first kappa shape index (κ1) is 20.7. The number of hydrogen-bond acceptors (Lipinski definition) is 5. The predicted octanol–water partition coefficient (Wildman–Crippen LogP) is 4.19. The molecule has 2 rings (SSSR count). The fourth-order valence-electron chi connectivity index (χ4n) is 3.01. The first-order valence-corrected chi connectivity index (χ1v) is 9.54. The molecule has 0 unspecified atom stereocenters. The van der Waals surface area contributed by atoms with Gasteiger partial charge in [0.05, 0.1) is 19.0 Å². The molecule has 3 N–H and O–H groups in total. The average Bonchev–Trinajstić information content (AvgIpc) is 3.14. The van der Waals surface area contributed by atoms with E-state index >= 15 is 0 Å². The Morgan fingerprint density at radius 3 is 2.78 bits per heavy atom. The molecule has 6 heteroatoms. The number of imidazole rings is 1. The molecular weight excluding hydrogens is 340 g/mol. The lowest BCUT2D eigenvalue weighted by Gasteiger charge is -2.10. The summed E-state index contributed by atoms with van der Waals surface area (Å²) in [7, 11) is 3.35. The molecule has 0 aliphatic carbocycles. The third-order valence-electron chi connectivity index (χ3n) is 4.61. The quantitative estimate of drug-likeness (QED) is 0.352. The molecule has 0 aliphatic heterocycles. The molecule has 6 nitrogen and oxygen atoms in total. The average molecular weight is 370 g/mol. The van der Waals surface area contributed by atoms with Crippen molar-refractivity contribution in [3.8, 4) is 17.0 Å². The van der Waals surface area contributed by atoms with Gasteiger partial charge in [-0.05, 0) is 18.9 Å². The van der Waals surface area contributed by atoms with E-state index in [-0.39, 0.29) is 0 Å².